The highest BCUT2D eigenvalue weighted by molar-refractivity contribution is 6.43. The normalized spacial score (nSPS) is 19.2. The number of nitrogens with two attached hydrogens (primary N) is 1. The minimum absolute atomic E-state index is 0.0351. The lowest BCUT2D eigenvalue weighted by Crippen LogP contribution is -2.44. The van der Waals surface area contributed by atoms with E-state index in [4.69, 9.17) is 33.7 Å². The molecule has 1 spiro atoms. The Balaban J connectivity index is 1.31. The number of pyridine rings is 1. The molecule has 3 aromatic rings. The molecule has 0 amide bonds. The van der Waals surface area contributed by atoms with Crippen LogP contribution in [0.4, 0.5) is 5.69 Å². The van der Waals surface area contributed by atoms with Crippen LogP contribution in [0.25, 0.3) is 11.3 Å². The van der Waals surface area contributed by atoms with E-state index in [1.54, 1.807) is 13.2 Å². The van der Waals surface area contributed by atoms with Gasteiger partial charge < -0.3 is 20.5 Å². The molecule has 0 saturated carbocycles. The van der Waals surface area contributed by atoms with Gasteiger partial charge in [0.2, 0.25) is 0 Å². The van der Waals surface area contributed by atoms with Gasteiger partial charge in [-0.3, -0.25) is 4.98 Å². The summed E-state index contributed by atoms with van der Waals surface area (Å²) in [4.78, 5) is 6.94. The number of methoxy groups -OCH3 is 1. The van der Waals surface area contributed by atoms with Crippen molar-refractivity contribution in [2.24, 2.45) is 11.1 Å². The average molecular weight is 470 g/mol. The third-order valence-electron chi connectivity index (χ3n) is 7.05. The van der Waals surface area contributed by atoms with Crippen molar-refractivity contribution in [2.75, 3.05) is 25.1 Å². The van der Waals surface area contributed by atoms with Crippen LogP contribution in [0.5, 0.6) is 11.5 Å². The summed E-state index contributed by atoms with van der Waals surface area (Å²) in [6, 6.07) is 13.3. The highest BCUT2D eigenvalue weighted by Gasteiger charge is 2.46. The highest BCUT2D eigenvalue weighted by Crippen LogP contribution is 2.51. The zero-order chi connectivity index (χ0) is 22.5. The molecule has 5 rings (SSSR count). The van der Waals surface area contributed by atoms with E-state index >= 15 is 0 Å². The Morgan fingerprint density at radius 3 is 2.59 bits per heavy atom. The maximum Gasteiger partial charge on any atom is 0.119 e. The number of rotatable bonds is 3. The van der Waals surface area contributed by atoms with E-state index in [9.17, 15) is 5.11 Å². The van der Waals surface area contributed by atoms with Gasteiger partial charge in [-0.05, 0) is 66.1 Å². The van der Waals surface area contributed by atoms with Crippen molar-refractivity contribution in [3.63, 3.8) is 0 Å². The first-order valence-electron chi connectivity index (χ1n) is 10.7. The van der Waals surface area contributed by atoms with E-state index in [0.29, 0.717) is 21.3 Å². The SMILES string of the molecule is COc1ccc2c(c1)[C@@H](N)C1(CCN(c3ccc(-c4cc(O)cc(Cl)c4Cl)nc3)CC1)C2. The number of hydrogen-bond donors (Lipinski definition) is 2. The fourth-order valence-corrected chi connectivity index (χ4v) is 5.58. The number of fused-ring (bicyclic) bond motifs is 1. The summed E-state index contributed by atoms with van der Waals surface area (Å²) < 4.78 is 5.40. The molecule has 32 heavy (non-hydrogen) atoms. The molecular weight excluding hydrogens is 445 g/mol. The number of aromatic hydroxyl groups is 1. The summed E-state index contributed by atoms with van der Waals surface area (Å²) in [6.45, 7) is 1.86. The number of hydrogen-bond acceptors (Lipinski definition) is 5. The number of anilines is 1. The summed E-state index contributed by atoms with van der Waals surface area (Å²) in [5, 5.41) is 10.5. The molecule has 1 atom stereocenters. The van der Waals surface area contributed by atoms with Crippen LogP contribution >= 0.6 is 23.2 Å². The summed E-state index contributed by atoms with van der Waals surface area (Å²) in [7, 11) is 1.69. The van der Waals surface area contributed by atoms with Gasteiger partial charge in [-0.2, -0.15) is 0 Å². The number of piperidine rings is 1. The summed E-state index contributed by atoms with van der Waals surface area (Å²) in [5.41, 5.74) is 11.8. The third kappa shape index (κ3) is 3.58. The first-order valence-corrected chi connectivity index (χ1v) is 11.5. The van der Waals surface area contributed by atoms with Crippen molar-refractivity contribution in [2.45, 2.75) is 25.3 Å². The topological polar surface area (TPSA) is 71.6 Å². The van der Waals surface area contributed by atoms with E-state index in [0.717, 1.165) is 43.8 Å². The zero-order valence-corrected chi connectivity index (χ0v) is 19.3. The predicted molar refractivity (Wildman–Crippen MR) is 129 cm³/mol. The molecule has 1 fully saturated rings. The first kappa shape index (κ1) is 21.4. The molecule has 1 aliphatic heterocycles. The van der Waals surface area contributed by atoms with Crippen LogP contribution in [0.2, 0.25) is 10.0 Å². The first-order chi connectivity index (χ1) is 15.4. The summed E-state index contributed by atoms with van der Waals surface area (Å²) >= 11 is 12.4. The zero-order valence-electron chi connectivity index (χ0n) is 17.8. The van der Waals surface area contributed by atoms with Gasteiger partial charge in [0.05, 0.1) is 34.7 Å². The second-order valence-corrected chi connectivity index (χ2v) is 9.54. The number of ether oxygens (including phenoxy) is 1. The fourth-order valence-electron chi connectivity index (χ4n) is 5.16. The van der Waals surface area contributed by atoms with E-state index in [2.05, 4.69) is 22.0 Å². The van der Waals surface area contributed by atoms with Crippen LogP contribution in [0, 0.1) is 5.41 Å². The number of benzene rings is 2. The number of phenolic OH excluding ortho intramolecular Hbond substituents is 1. The van der Waals surface area contributed by atoms with E-state index < -0.39 is 0 Å². The molecule has 7 heteroatoms. The number of phenols is 1. The predicted octanol–water partition coefficient (Wildman–Crippen LogP) is 5.61. The summed E-state index contributed by atoms with van der Waals surface area (Å²) in [6.07, 6.45) is 4.94. The molecule has 2 aromatic carbocycles. The Hall–Kier alpha value is -2.47. The van der Waals surface area contributed by atoms with E-state index in [1.807, 2.05) is 24.4 Å². The Labute approximate surface area is 197 Å². The van der Waals surface area contributed by atoms with Gasteiger partial charge >= 0.3 is 0 Å². The molecule has 5 nitrogen and oxygen atoms in total. The van der Waals surface area contributed by atoms with Crippen molar-refractivity contribution in [1.82, 2.24) is 4.98 Å². The van der Waals surface area contributed by atoms with Crippen molar-refractivity contribution >= 4 is 28.9 Å². The lowest BCUT2D eigenvalue weighted by Gasteiger charge is -2.43. The Morgan fingerprint density at radius 2 is 1.91 bits per heavy atom. The number of halogens is 2. The van der Waals surface area contributed by atoms with Crippen molar-refractivity contribution in [3.05, 3.63) is 69.8 Å². The third-order valence-corrected chi connectivity index (χ3v) is 7.85. The lowest BCUT2D eigenvalue weighted by molar-refractivity contribution is 0.187. The van der Waals surface area contributed by atoms with Crippen LogP contribution in [0.3, 0.4) is 0 Å². The molecule has 0 radical (unpaired) electrons. The molecule has 166 valence electrons. The maximum atomic E-state index is 9.86. The second-order valence-electron chi connectivity index (χ2n) is 8.76. The molecule has 0 bridgehead atoms. The Morgan fingerprint density at radius 1 is 1.12 bits per heavy atom. The lowest BCUT2D eigenvalue weighted by atomic mass is 9.73. The molecule has 2 heterocycles. The largest absolute Gasteiger partial charge is 0.508 e. The minimum atomic E-state index is 0.0351. The number of nitrogens with zero attached hydrogens (tertiary/aromatic N) is 2. The fraction of sp³-hybridized carbons (Fsp3) is 0.320. The smallest absolute Gasteiger partial charge is 0.119 e. The Bertz CT molecular complexity index is 1160. The van der Waals surface area contributed by atoms with Gasteiger partial charge in [0.1, 0.15) is 11.5 Å². The average Bonchev–Trinajstić information content (AvgIpc) is 3.07. The van der Waals surface area contributed by atoms with Crippen molar-refractivity contribution < 1.29 is 9.84 Å². The van der Waals surface area contributed by atoms with Crippen LogP contribution in [0.1, 0.15) is 30.0 Å². The Kier molecular flexibility index (Phi) is 5.44. The quantitative estimate of drug-likeness (QED) is 0.521. The molecule has 2 aliphatic rings. The van der Waals surface area contributed by atoms with Crippen LogP contribution in [0.15, 0.2) is 48.7 Å². The van der Waals surface area contributed by atoms with Crippen LogP contribution < -0.4 is 15.4 Å². The van der Waals surface area contributed by atoms with Gasteiger partial charge in [0.25, 0.3) is 0 Å². The molecule has 3 N–H and O–H groups in total. The minimum Gasteiger partial charge on any atom is -0.508 e. The van der Waals surface area contributed by atoms with Gasteiger partial charge in [-0.15, -0.1) is 0 Å². The molecule has 1 aromatic heterocycles. The highest BCUT2D eigenvalue weighted by atomic mass is 35.5. The number of aromatic nitrogens is 1. The molecule has 0 unspecified atom stereocenters. The standard InChI is InChI=1S/C25H25Cl2N3O2/c1-32-18-4-2-15-13-25(24(28)19(15)12-18)6-8-30(9-7-25)16-3-5-22(29-14-16)20-10-17(31)11-21(26)23(20)27/h2-5,10-12,14,24,31H,6-9,13,28H2,1H3/t24-/m1/s1. The van der Waals surface area contributed by atoms with E-state index in [-0.39, 0.29) is 17.2 Å². The van der Waals surface area contributed by atoms with E-state index in [1.165, 1.54) is 17.2 Å². The van der Waals surface area contributed by atoms with Crippen molar-refractivity contribution in [1.29, 1.82) is 0 Å². The van der Waals surface area contributed by atoms with Gasteiger partial charge in [0, 0.05) is 30.8 Å². The second kappa shape index (κ2) is 8.14. The molecular formula is C25H25Cl2N3O2. The van der Waals surface area contributed by atoms with Gasteiger partial charge in [-0.25, -0.2) is 0 Å². The maximum absolute atomic E-state index is 9.86. The van der Waals surface area contributed by atoms with Gasteiger partial charge in [0.15, 0.2) is 0 Å². The van der Waals surface area contributed by atoms with Crippen molar-refractivity contribution in [3.8, 4) is 22.8 Å². The summed E-state index contributed by atoms with van der Waals surface area (Å²) in [5.74, 6) is 0.932. The monoisotopic (exact) mass is 469 g/mol. The molecule has 1 saturated heterocycles. The van der Waals surface area contributed by atoms with Crippen LogP contribution in [-0.2, 0) is 6.42 Å². The molecule has 1 aliphatic carbocycles. The van der Waals surface area contributed by atoms with Crippen LogP contribution in [-0.4, -0.2) is 30.3 Å². The van der Waals surface area contributed by atoms with Gasteiger partial charge in [-0.1, -0.05) is 29.3 Å².